The Labute approximate surface area is 155 Å². The summed E-state index contributed by atoms with van der Waals surface area (Å²) in [6.07, 6.45) is 0.765. The molecule has 25 heavy (non-hydrogen) atoms. The first kappa shape index (κ1) is 18.9. The van der Waals surface area contributed by atoms with Crippen LogP contribution in [0.4, 0.5) is 0 Å². The number of nitrogens with zero attached hydrogens (tertiary/aromatic N) is 1. The van der Waals surface area contributed by atoms with Gasteiger partial charge in [-0.3, -0.25) is 9.59 Å². The van der Waals surface area contributed by atoms with Crippen molar-refractivity contribution in [1.82, 2.24) is 10.3 Å². The summed E-state index contributed by atoms with van der Waals surface area (Å²) in [6, 6.07) is 9.64. The average Bonchev–Trinajstić information content (AvgIpc) is 2.55. The number of carbonyl (C=O) groups is 1. The Morgan fingerprint density at radius 2 is 1.96 bits per heavy atom. The van der Waals surface area contributed by atoms with Crippen LogP contribution in [0.5, 0.6) is 0 Å². The number of nitriles is 1. The summed E-state index contributed by atoms with van der Waals surface area (Å²) in [5, 5.41) is 12.1. The fourth-order valence-electron chi connectivity index (χ4n) is 2.81. The topological polar surface area (TPSA) is 85.8 Å². The number of carbonyl (C=O) groups excluding carboxylic acids is 1. The number of halogens is 1. The lowest BCUT2D eigenvalue weighted by Crippen LogP contribution is -2.27. The molecule has 1 amide bonds. The highest BCUT2D eigenvalue weighted by atomic mass is 79.9. The lowest BCUT2D eigenvalue weighted by atomic mass is 9.99. The molecule has 0 aliphatic carbocycles. The van der Waals surface area contributed by atoms with Crippen molar-refractivity contribution in [2.24, 2.45) is 0 Å². The monoisotopic (exact) mass is 401 g/mol. The summed E-state index contributed by atoms with van der Waals surface area (Å²) in [7, 11) is 0. The molecule has 130 valence electrons. The first-order valence-electron chi connectivity index (χ1n) is 8.00. The molecular formula is C19H20BrN3O2. The van der Waals surface area contributed by atoms with E-state index in [1.807, 2.05) is 37.3 Å². The maximum Gasteiger partial charge on any atom is 0.266 e. The number of aromatic amines is 1. The second kappa shape index (κ2) is 8.13. The van der Waals surface area contributed by atoms with Crippen LogP contribution in [-0.4, -0.2) is 10.9 Å². The molecule has 2 rings (SSSR count). The van der Waals surface area contributed by atoms with Crippen LogP contribution >= 0.6 is 15.9 Å². The predicted molar refractivity (Wildman–Crippen MR) is 100 cm³/mol. The van der Waals surface area contributed by atoms with Gasteiger partial charge in [0.1, 0.15) is 11.6 Å². The van der Waals surface area contributed by atoms with Gasteiger partial charge in [0.15, 0.2) is 0 Å². The van der Waals surface area contributed by atoms with E-state index in [0.29, 0.717) is 24.1 Å². The zero-order valence-corrected chi connectivity index (χ0v) is 16.0. The minimum absolute atomic E-state index is 0.0704. The van der Waals surface area contributed by atoms with Crippen molar-refractivity contribution in [3.63, 3.8) is 0 Å². The van der Waals surface area contributed by atoms with Gasteiger partial charge in [-0.25, -0.2) is 0 Å². The standard InChI is InChI=1S/C19H20BrN3O2/c1-11-16(13(3)23-19(25)17(11)10-21)8-9-18(24)22-12(2)14-4-6-15(20)7-5-14/h4-7,12H,8-9H2,1-3H3,(H,22,24)(H,23,25). The number of amides is 1. The van der Waals surface area contributed by atoms with Gasteiger partial charge >= 0.3 is 0 Å². The third kappa shape index (κ3) is 4.58. The van der Waals surface area contributed by atoms with E-state index in [4.69, 9.17) is 5.26 Å². The number of rotatable bonds is 5. The van der Waals surface area contributed by atoms with Crippen LogP contribution in [0.1, 0.15) is 47.3 Å². The highest BCUT2D eigenvalue weighted by molar-refractivity contribution is 9.10. The summed E-state index contributed by atoms with van der Waals surface area (Å²) in [4.78, 5) is 26.7. The van der Waals surface area contributed by atoms with E-state index in [2.05, 4.69) is 26.2 Å². The Bertz CT molecular complexity index is 879. The summed E-state index contributed by atoms with van der Waals surface area (Å²) >= 11 is 3.39. The molecule has 5 nitrogen and oxygen atoms in total. The molecule has 6 heteroatoms. The quantitative estimate of drug-likeness (QED) is 0.804. The first-order chi connectivity index (χ1) is 11.8. The Morgan fingerprint density at radius 3 is 2.56 bits per heavy atom. The predicted octanol–water partition coefficient (Wildman–Crippen LogP) is 3.44. The summed E-state index contributed by atoms with van der Waals surface area (Å²) in [5.74, 6) is -0.0704. The molecule has 2 N–H and O–H groups in total. The lowest BCUT2D eigenvalue weighted by molar-refractivity contribution is -0.121. The highest BCUT2D eigenvalue weighted by Crippen LogP contribution is 2.18. The molecular weight excluding hydrogens is 382 g/mol. The highest BCUT2D eigenvalue weighted by Gasteiger charge is 2.14. The average molecular weight is 402 g/mol. The van der Waals surface area contributed by atoms with Crippen molar-refractivity contribution < 1.29 is 4.79 Å². The normalized spacial score (nSPS) is 11.6. The Hall–Kier alpha value is -2.39. The molecule has 0 aliphatic heterocycles. The van der Waals surface area contributed by atoms with E-state index < -0.39 is 0 Å². The van der Waals surface area contributed by atoms with Crippen molar-refractivity contribution in [1.29, 1.82) is 5.26 Å². The molecule has 1 atom stereocenters. The second-order valence-corrected chi connectivity index (χ2v) is 6.93. The summed E-state index contributed by atoms with van der Waals surface area (Å²) < 4.78 is 0.993. The molecule has 0 saturated carbocycles. The number of nitrogens with one attached hydrogen (secondary N) is 2. The van der Waals surface area contributed by atoms with Crippen LogP contribution in [0.3, 0.4) is 0 Å². The van der Waals surface area contributed by atoms with E-state index in [1.165, 1.54) is 0 Å². The van der Waals surface area contributed by atoms with Gasteiger partial charge in [0.25, 0.3) is 5.56 Å². The summed E-state index contributed by atoms with van der Waals surface area (Å²) in [5.41, 5.74) is 2.97. The molecule has 0 spiro atoms. The van der Waals surface area contributed by atoms with Gasteiger partial charge in [-0.15, -0.1) is 0 Å². The van der Waals surface area contributed by atoms with Crippen LogP contribution < -0.4 is 10.9 Å². The first-order valence-corrected chi connectivity index (χ1v) is 8.80. The number of hydrogen-bond donors (Lipinski definition) is 2. The van der Waals surface area contributed by atoms with Crippen LogP contribution in [-0.2, 0) is 11.2 Å². The molecule has 0 bridgehead atoms. The molecule has 0 radical (unpaired) electrons. The van der Waals surface area contributed by atoms with Crippen molar-refractivity contribution >= 4 is 21.8 Å². The SMILES string of the molecule is Cc1[nH]c(=O)c(C#N)c(C)c1CCC(=O)NC(C)c1ccc(Br)cc1. The maximum absolute atomic E-state index is 12.3. The van der Waals surface area contributed by atoms with Crippen molar-refractivity contribution in [2.75, 3.05) is 0 Å². The van der Waals surface area contributed by atoms with Crippen molar-refractivity contribution in [3.05, 3.63) is 67.0 Å². The van der Waals surface area contributed by atoms with Crippen LogP contribution in [0.2, 0.25) is 0 Å². The van der Waals surface area contributed by atoms with Crippen LogP contribution in [0.25, 0.3) is 0 Å². The third-order valence-corrected chi connectivity index (χ3v) is 4.80. The molecule has 1 aromatic carbocycles. The Morgan fingerprint density at radius 1 is 1.32 bits per heavy atom. The van der Waals surface area contributed by atoms with Gasteiger partial charge < -0.3 is 10.3 Å². The second-order valence-electron chi connectivity index (χ2n) is 6.01. The fourth-order valence-corrected chi connectivity index (χ4v) is 3.07. The minimum Gasteiger partial charge on any atom is -0.350 e. The van der Waals surface area contributed by atoms with Crippen molar-refractivity contribution in [3.8, 4) is 6.07 Å². The Balaban J connectivity index is 2.04. The minimum atomic E-state index is -0.380. The number of pyridine rings is 1. The van der Waals surface area contributed by atoms with Gasteiger partial charge in [0, 0.05) is 16.6 Å². The Kier molecular flexibility index (Phi) is 6.16. The number of hydrogen-bond acceptors (Lipinski definition) is 3. The summed E-state index contributed by atoms with van der Waals surface area (Å²) in [6.45, 7) is 5.47. The molecule has 0 fully saturated rings. The molecule has 1 unspecified atom stereocenters. The van der Waals surface area contributed by atoms with Crippen LogP contribution in [0.15, 0.2) is 33.5 Å². The third-order valence-electron chi connectivity index (χ3n) is 4.27. The van der Waals surface area contributed by atoms with E-state index in [9.17, 15) is 9.59 Å². The number of aryl methyl sites for hydroxylation is 1. The fraction of sp³-hybridized carbons (Fsp3) is 0.316. The van der Waals surface area contributed by atoms with E-state index in [-0.39, 0.29) is 23.1 Å². The smallest absolute Gasteiger partial charge is 0.266 e. The molecule has 1 aromatic heterocycles. The number of aromatic nitrogens is 1. The van der Waals surface area contributed by atoms with Gasteiger partial charge in [0.2, 0.25) is 5.91 Å². The number of benzene rings is 1. The molecule has 1 heterocycles. The molecule has 0 saturated heterocycles. The van der Waals surface area contributed by atoms with E-state index >= 15 is 0 Å². The van der Waals surface area contributed by atoms with Gasteiger partial charge in [0.05, 0.1) is 6.04 Å². The zero-order chi connectivity index (χ0) is 18.6. The van der Waals surface area contributed by atoms with E-state index in [0.717, 1.165) is 15.6 Å². The van der Waals surface area contributed by atoms with Gasteiger partial charge in [-0.05, 0) is 56.0 Å². The number of H-pyrrole nitrogens is 1. The maximum atomic E-state index is 12.3. The largest absolute Gasteiger partial charge is 0.350 e. The van der Waals surface area contributed by atoms with E-state index in [1.54, 1.807) is 13.8 Å². The van der Waals surface area contributed by atoms with Gasteiger partial charge in [-0.2, -0.15) is 5.26 Å². The molecule has 0 aliphatic rings. The van der Waals surface area contributed by atoms with Gasteiger partial charge in [-0.1, -0.05) is 28.1 Å². The molecule has 2 aromatic rings. The van der Waals surface area contributed by atoms with Crippen LogP contribution in [0, 0.1) is 25.2 Å². The van der Waals surface area contributed by atoms with Crippen molar-refractivity contribution in [2.45, 2.75) is 39.7 Å². The lowest BCUT2D eigenvalue weighted by Gasteiger charge is -2.15. The zero-order valence-electron chi connectivity index (χ0n) is 14.4.